The third kappa shape index (κ3) is 4.43. The van der Waals surface area contributed by atoms with Crippen molar-refractivity contribution in [1.82, 2.24) is 19.5 Å². The Morgan fingerprint density at radius 1 is 1.08 bits per heavy atom. The average Bonchev–Trinajstić information content (AvgIpc) is 3.59. The summed E-state index contributed by atoms with van der Waals surface area (Å²) in [5, 5.41) is 12.7. The Morgan fingerprint density at radius 2 is 1.81 bits per heavy atom. The Hall–Kier alpha value is -2.77. The van der Waals surface area contributed by atoms with Crippen LogP contribution in [-0.4, -0.2) is 74.7 Å². The van der Waals surface area contributed by atoms with E-state index in [4.69, 9.17) is 23.3 Å². The van der Waals surface area contributed by atoms with E-state index in [0.29, 0.717) is 16.7 Å². The number of amides is 1. The second-order valence-corrected chi connectivity index (χ2v) is 10.0. The zero-order valence-corrected chi connectivity index (χ0v) is 20.5. The zero-order valence-electron chi connectivity index (χ0n) is 19.6. The molecular formula is C22H26N5O8P. The number of hydrogen-bond donors (Lipinski definition) is 2. The standard InChI is InChI=1S/C22H26N5O8P/c1-3-31-36(30,32-4-2)22-34-16-14(10-28)33-21(17(16)35-22)27-12-25-15-18(23-11-24-19(15)27)26-20(29)13-8-6-5-7-9-13/h5-9,11-12,14,16-17,21-22,28H,3-4,10H2,1-2H3,(H,23,24,26,29)/t14-,16-,17-,21-,22+/m1/s1. The number of fused-ring (bicyclic) bond motifs is 2. The van der Waals surface area contributed by atoms with Crippen LogP contribution in [0.5, 0.6) is 0 Å². The summed E-state index contributed by atoms with van der Waals surface area (Å²) in [6.07, 6.45) is -0.332. The minimum atomic E-state index is -3.74. The smallest absolute Gasteiger partial charge is 0.386 e. The Kier molecular flexibility index (Phi) is 7.13. The van der Waals surface area contributed by atoms with Gasteiger partial charge in [-0.15, -0.1) is 0 Å². The second-order valence-electron chi connectivity index (χ2n) is 8.00. The van der Waals surface area contributed by atoms with E-state index in [1.165, 1.54) is 12.7 Å². The topological polar surface area (TPSA) is 156 Å². The number of hydrogen-bond acceptors (Lipinski definition) is 11. The molecule has 5 atom stereocenters. The first-order chi connectivity index (χ1) is 17.5. The van der Waals surface area contributed by atoms with Crippen molar-refractivity contribution >= 4 is 30.5 Å². The fourth-order valence-electron chi connectivity index (χ4n) is 4.26. The van der Waals surface area contributed by atoms with Gasteiger partial charge in [-0.05, 0) is 26.0 Å². The molecule has 0 aliphatic carbocycles. The summed E-state index contributed by atoms with van der Waals surface area (Å²) in [5.74, 6) is -0.125. The van der Waals surface area contributed by atoms with Gasteiger partial charge in [0.2, 0.25) is 0 Å². The van der Waals surface area contributed by atoms with Crippen molar-refractivity contribution in [3.63, 3.8) is 0 Å². The molecule has 5 rings (SSSR count). The van der Waals surface area contributed by atoms with E-state index < -0.39 is 38.2 Å². The maximum Gasteiger partial charge on any atom is 0.386 e. The van der Waals surface area contributed by atoms with E-state index in [1.807, 2.05) is 6.07 Å². The van der Waals surface area contributed by atoms with Gasteiger partial charge in [0, 0.05) is 5.56 Å². The van der Waals surface area contributed by atoms with Gasteiger partial charge in [-0.25, -0.2) is 15.0 Å². The summed E-state index contributed by atoms with van der Waals surface area (Å²) in [4.78, 5) is 25.5. The molecule has 0 spiro atoms. The van der Waals surface area contributed by atoms with Gasteiger partial charge in [0.1, 0.15) is 24.6 Å². The molecule has 2 aromatic heterocycles. The summed E-state index contributed by atoms with van der Waals surface area (Å²) in [6, 6.07) is 7.43. The first kappa shape index (κ1) is 24.9. The third-order valence-electron chi connectivity index (χ3n) is 5.79. The van der Waals surface area contributed by atoms with Crippen LogP contribution in [0.25, 0.3) is 11.2 Å². The molecule has 14 heteroatoms. The Labute approximate surface area is 206 Å². The van der Waals surface area contributed by atoms with Crippen molar-refractivity contribution in [3.8, 4) is 0 Å². The van der Waals surface area contributed by atoms with Gasteiger partial charge in [-0.1, -0.05) is 18.2 Å². The van der Waals surface area contributed by atoms with Crippen molar-refractivity contribution < 1.29 is 37.7 Å². The van der Waals surface area contributed by atoms with Crippen LogP contribution in [0, 0.1) is 0 Å². The lowest BCUT2D eigenvalue weighted by molar-refractivity contribution is -0.130. The number of benzene rings is 1. The van der Waals surface area contributed by atoms with E-state index in [2.05, 4.69) is 20.3 Å². The highest BCUT2D eigenvalue weighted by atomic mass is 31.2. The molecule has 192 valence electrons. The number of carbonyl (C=O) groups is 1. The fourth-order valence-corrected chi connectivity index (χ4v) is 5.87. The molecule has 3 aromatic rings. The number of rotatable bonds is 9. The van der Waals surface area contributed by atoms with Gasteiger partial charge in [0.25, 0.3) is 11.9 Å². The number of aliphatic hydroxyl groups is 1. The van der Waals surface area contributed by atoms with Gasteiger partial charge < -0.3 is 33.7 Å². The zero-order chi connectivity index (χ0) is 25.3. The lowest BCUT2D eigenvalue weighted by Crippen LogP contribution is -2.31. The van der Waals surface area contributed by atoms with Gasteiger partial charge in [-0.2, -0.15) is 0 Å². The fraction of sp³-hybridized carbons (Fsp3) is 0.455. The molecule has 2 N–H and O–H groups in total. The number of aliphatic hydroxyl groups excluding tert-OH is 1. The average molecular weight is 519 g/mol. The van der Waals surface area contributed by atoms with Gasteiger partial charge in [0.05, 0.1) is 26.1 Å². The highest BCUT2D eigenvalue weighted by molar-refractivity contribution is 7.54. The molecule has 2 aliphatic heterocycles. The molecule has 2 fully saturated rings. The van der Waals surface area contributed by atoms with Crippen molar-refractivity contribution in [2.45, 2.75) is 44.4 Å². The van der Waals surface area contributed by atoms with Crippen molar-refractivity contribution in [2.75, 3.05) is 25.1 Å². The van der Waals surface area contributed by atoms with Crippen LogP contribution < -0.4 is 5.32 Å². The highest BCUT2D eigenvalue weighted by Gasteiger charge is 2.58. The van der Waals surface area contributed by atoms with Crippen LogP contribution in [0.4, 0.5) is 5.82 Å². The van der Waals surface area contributed by atoms with Crippen LogP contribution in [0.3, 0.4) is 0 Å². The number of nitrogens with zero attached hydrogens (tertiary/aromatic N) is 4. The summed E-state index contributed by atoms with van der Waals surface area (Å²) >= 11 is 0. The predicted molar refractivity (Wildman–Crippen MR) is 125 cm³/mol. The van der Waals surface area contributed by atoms with E-state index in [0.717, 1.165) is 0 Å². The summed E-state index contributed by atoms with van der Waals surface area (Å²) in [7, 11) is -3.74. The van der Waals surface area contributed by atoms with Crippen LogP contribution in [0.2, 0.25) is 0 Å². The molecule has 1 aromatic carbocycles. The van der Waals surface area contributed by atoms with Crippen molar-refractivity contribution in [3.05, 3.63) is 48.5 Å². The minimum Gasteiger partial charge on any atom is -0.394 e. The van der Waals surface area contributed by atoms with E-state index >= 15 is 0 Å². The van der Waals surface area contributed by atoms with Crippen molar-refractivity contribution in [2.24, 2.45) is 0 Å². The third-order valence-corrected chi connectivity index (χ3v) is 7.79. The molecule has 36 heavy (non-hydrogen) atoms. The van der Waals surface area contributed by atoms with Crippen LogP contribution in [0.15, 0.2) is 43.0 Å². The lowest BCUT2D eigenvalue weighted by Gasteiger charge is -2.25. The summed E-state index contributed by atoms with van der Waals surface area (Å²) in [6.45, 7) is 3.30. The predicted octanol–water partition coefficient (Wildman–Crippen LogP) is 2.30. The minimum absolute atomic E-state index is 0.139. The SMILES string of the molecule is CCOP(=O)(OCC)[C@@H]1O[C@@H]2[C@H](O1)[C@@H](CO)O[C@H]2n1cnc2c(NC(=O)c3ccccc3)ncnc21. The number of aromatic nitrogens is 4. The maximum absolute atomic E-state index is 13.2. The molecule has 0 unspecified atom stereocenters. The van der Waals surface area contributed by atoms with Crippen molar-refractivity contribution in [1.29, 1.82) is 0 Å². The maximum atomic E-state index is 13.2. The monoisotopic (exact) mass is 519 g/mol. The first-order valence-electron chi connectivity index (χ1n) is 11.5. The number of anilines is 1. The molecule has 0 radical (unpaired) electrons. The Balaban J connectivity index is 1.43. The number of nitrogens with one attached hydrogen (secondary N) is 1. The van der Waals surface area contributed by atoms with Gasteiger partial charge in [-0.3, -0.25) is 13.9 Å². The normalized spacial score (nSPS) is 25.8. The Morgan fingerprint density at radius 3 is 2.50 bits per heavy atom. The lowest BCUT2D eigenvalue weighted by atomic mass is 10.1. The molecule has 2 saturated heterocycles. The largest absolute Gasteiger partial charge is 0.394 e. The molecule has 0 bridgehead atoms. The van der Waals surface area contributed by atoms with Gasteiger partial charge in [0.15, 0.2) is 23.2 Å². The quantitative estimate of drug-likeness (QED) is 0.400. The van der Waals surface area contributed by atoms with E-state index in [1.54, 1.807) is 42.7 Å². The molecule has 13 nitrogen and oxygen atoms in total. The molecule has 4 heterocycles. The number of ether oxygens (including phenoxy) is 3. The molecule has 0 saturated carbocycles. The summed E-state index contributed by atoms with van der Waals surface area (Å²) in [5.41, 5.74) is 1.16. The van der Waals surface area contributed by atoms with Crippen LogP contribution >= 0.6 is 7.60 Å². The highest BCUT2D eigenvalue weighted by Crippen LogP contribution is 2.58. The van der Waals surface area contributed by atoms with Gasteiger partial charge >= 0.3 is 7.60 Å². The molecule has 1 amide bonds. The van der Waals surface area contributed by atoms with E-state index in [9.17, 15) is 14.5 Å². The molecule has 2 aliphatic rings. The van der Waals surface area contributed by atoms with E-state index in [-0.39, 0.29) is 31.5 Å². The van der Waals surface area contributed by atoms with Crippen LogP contribution in [-0.2, 0) is 27.8 Å². The van der Waals surface area contributed by atoms with Crippen LogP contribution in [0.1, 0.15) is 30.4 Å². The second kappa shape index (κ2) is 10.3. The summed E-state index contributed by atoms with van der Waals surface area (Å²) < 4.78 is 43.5. The number of imidazole rings is 1. The number of carbonyl (C=O) groups excluding carboxylic acids is 1. The Bertz CT molecular complexity index is 1260. The molecular weight excluding hydrogens is 493 g/mol. The first-order valence-corrected chi connectivity index (χ1v) is 13.1.